The lowest BCUT2D eigenvalue weighted by atomic mass is 9.87. The van der Waals surface area contributed by atoms with Crippen LogP contribution in [-0.2, 0) is 7.05 Å². The zero-order valence-corrected chi connectivity index (χ0v) is 17.7. The number of rotatable bonds is 3. The predicted molar refractivity (Wildman–Crippen MR) is 118 cm³/mol. The van der Waals surface area contributed by atoms with E-state index in [1.165, 1.54) is 5.56 Å². The molecule has 0 saturated carbocycles. The smallest absolute Gasteiger partial charge is 0.257 e. The van der Waals surface area contributed by atoms with Crippen molar-refractivity contribution in [3.8, 4) is 0 Å². The van der Waals surface area contributed by atoms with Gasteiger partial charge in [-0.2, -0.15) is 5.10 Å². The highest BCUT2D eigenvalue weighted by Crippen LogP contribution is 2.33. The van der Waals surface area contributed by atoms with Crippen LogP contribution in [0.2, 0.25) is 5.02 Å². The number of anilines is 1. The fourth-order valence-corrected chi connectivity index (χ4v) is 4.62. The molecule has 0 aliphatic carbocycles. The minimum Gasteiger partial charge on any atom is -0.321 e. The molecule has 1 aliphatic rings. The number of carbonyl (C=O) groups excluding carboxylic acids is 1. The third kappa shape index (κ3) is 3.34. The number of carbonyl (C=O) groups is 1. The minimum atomic E-state index is -0.206. The number of nitrogens with zero attached hydrogens (tertiary/aromatic N) is 4. The van der Waals surface area contributed by atoms with E-state index in [0.29, 0.717) is 27.8 Å². The Hall–Kier alpha value is -2.90. The third-order valence-electron chi connectivity index (χ3n) is 5.73. The molecule has 0 unspecified atom stereocenters. The molecule has 154 valence electrons. The molecule has 1 aromatic carbocycles. The first kappa shape index (κ1) is 19.1. The number of imidazole rings is 1. The van der Waals surface area contributed by atoms with Crippen LogP contribution in [0.25, 0.3) is 16.6 Å². The SMILES string of the molecule is Cc1cn2cc(NC(=O)c3ccc(C4CCNCC4)c4cn(C)nc34)cc(Cl)c2n1. The van der Waals surface area contributed by atoms with Crippen molar-refractivity contribution in [2.75, 3.05) is 18.4 Å². The highest BCUT2D eigenvalue weighted by atomic mass is 35.5. The second kappa shape index (κ2) is 7.41. The highest BCUT2D eigenvalue weighted by Gasteiger charge is 2.22. The Kier molecular flexibility index (Phi) is 4.72. The molecule has 3 aromatic heterocycles. The van der Waals surface area contributed by atoms with Gasteiger partial charge in [0, 0.05) is 31.0 Å². The number of hydrogen-bond donors (Lipinski definition) is 2. The van der Waals surface area contributed by atoms with Crippen LogP contribution in [0.5, 0.6) is 0 Å². The summed E-state index contributed by atoms with van der Waals surface area (Å²) in [5.74, 6) is 0.281. The molecule has 2 N–H and O–H groups in total. The average molecular weight is 423 g/mol. The number of piperidine rings is 1. The molecule has 30 heavy (non-hydrogen) atoms. The van der Waals surface area contributed by atoms with Gasteiger partial charge in [-0.15, -0.1) is 0 Å². The van der Waals surface area contributed by atoms with Gasteiger partial charge >= 0.3 is 0 Å². The van der Waals surface area contributed by atoms with Crippen LogP contribution in [0.3, 0.4) is 0 Å². The summed E-state index contributed by atoms with van der Waals surface area (Å²) in [4.78, 5) is 17.5. The second-order valence-corrected chi connectivity index (χ2v) is 8.34. The summed E-state index contributed by atoms with van der Waals surface area (Å²) in [5, 5.41) is 12.5. The molecule has 1 amide bonds. The fraction of sp³-hybridized carbons (Fsp3) is 0.318. The van der Waals surface area contributed by atoms with E-state index in [0.717, 1.165) is 42.5 Å². The normalized spacial score (nSPS) is 15.2. The molecule has 0 spiro atoms. The van der Waals surface area contributed by atoms with Crippen molar-refractivity contribution in [1.29, 1.82) is 0 Å². The van der Waals surface area contributed by atoms with Gasteiger partial charge in [-0.1, -0.05) is 17.7 Å². The Morgan fingerprint density at radius 3 is 2.83 bits per heavy atom. The summed E-state index contributed by atoms with van der Waals surface area (Å²) in [5.41, 5.74) is 4.71. The van der Waals surface area contributed by atoms with E-state index in [4.69, 9.17) is 11.6 Å². The van der Waals surface area contributed by atoms with Gasteiger partial charge in [0.2, 0.25) is 0 Å². The first-order chi connectivity index (χ1) is 14.5. The summed E-state index contributed by atoms with van der Waals surface area (Å²) < 4.78 is 3.60. The quantitative estimate of drug-likeness (QED) is 0.525. The number of nitrogens with one attached hydrogen (secondary N) is 2. The maximum atomic E-state index is 13.1. The average Bonchev–Trinajstić information content (AvgIpc) is 3.29. The maximum Gasteiger partial charge on any atom is 0.257 e. The molecule has 8 heteroatoms. The zero-order valence-electron chi connectivity index (χ0n) is 16.9. The largest absolute Gasteiger partial charge is 0.321 e. The molecule has 5 rings (SSSR count). The summed E-state index contributed by atoms with van der Waals surface area (Å²) in [6, 6.07) is 5.70. The van der Waals surface area contributed by atoms with Crippen molar-refractivity contribution in [1.82, 2.24) is 24.5 Å². The molecular weight excluding hydrogens is 400 g/mol. The van der Waals surface area contributed by atoms with Gasteiger partial charge in [0.25, 0.3) is 5.91 Å². The lowest BCUT2D eigenvalue weighted by Crippen LogP contribution is -2.26. The van der Waals surface area contributed by atoms with E-state index in [-0.39, 0.29) is 5.91 Å². The maximum absolute atomic E-state index is 13.1. The summed E-state index contributed by atoms with van der Waals surface area (Å²) in [7, 11) is 1.89. The standard InChI is InChI=1S/C22H23ClN6O/c1-13-10-29-11-15(9-19(23)21(29)25-13)26-22(30)17-4-3-16(14-5-7-24-8-6-14)18-12-28(2)27-20(17)18/h3-4,9-12,14,24H,5-8H2,1-2H3,(H,26,30). The molecule has 1 fully saturated rings. The molecule has 0 radical (unpaired) electrons. The van der Waals surface area contributed by atoms with Crippen molar-refractivity contribution in [2.45, 2.75) is 25.7 Å². The van der Waals surface area contributed by atoms with E-state index < -0.39 is 0 Å². The van der Waals surface area contributed by atoms with Crippen LogP contribution in [0.4, 0.5) is 5.69 Å². The topological polar surface area (TPSA) is 76.2 Å². The highest BCUT2D eigenvalue weighted by molar-refractivity contribution is 6.33. The van der Waals surface area contributed by atoms with Gasteiger partial charge in [-0.3, -0.25) is 9.48 Å². The van der Waals surface area contributed by atoms with Gasteiger partial charge in [0.05, 0.1) is 22.0 Å². The molecule has 0 atom stereocenters. The number of halogens is 1. The third-order valence-corrected chi connectivity index (χ3v) is 6.01. The van der Waals surface area contributed by atoms with Crippen LogP contribution in [0.15, 0.2) is 36.8 Å². The molecule has 0 bridgehead atoms. The molecular formula is C22H23ClN6O. The van der Waals surface area contributed by atoms with Crippen LogP contribution in [-0.4, -0.2) is 38.2 Å². The van der Waals surface area contributed by atoms with Crippen molar-refractivity contribution in [3.63, 3.8) is 0 Å². The van der Waals surface area contributed by atoms with Gasteiger partial charge in [-0.25, -0.2) is 4.98 Å². The molecule has 4 aromatic rings. The van der Waals surface area contributed by atoms with Crippen molar-refractivity contribution < 1.29 is 4.79 Å². The lowest BCUT2D eigenvalue weighted by molar-refractivity contribution is 0.102. The van der Waals surface area contributed by atoms with Crippen LogP contribution in [0, 0.1) is 6.92 Å². The fourth-order valence-electron chi connectivity index (χ4n) is 4.36. The van der Waals surface area contributed by atoms with E-state index >= 15 is 0 Å². The van der Waals surface area contributed by atoms with Crippen LogP contribution < -0.4 is 10.6 Å². The van der Waals surface area contributed by atoms with E-state index in [2.05, 4.69) is 26.8 Å². The number of aryl methyl sites for hydroxylation is 2. The Labute approximate surface area is 179 Å². The number of pyridine rings is 1. The Balaban J connectivity index is 1.51. The molecule has 4 heterocycles. The Morgan fingerprint density at radius 1 is 1.23 bits per heavy atom. The number of amides is 1. The monoisotopic (exact) mass is 422 g/mol. The number of fused-ring (bicyclic) bond motifs is 2. The zero-order chi connectivity index (χ0) is 20.8. The van der Waals surface area contributed by atoms with Crippen LogP contribution >= 0.6 is 11.6 Å². The summed E-state index contributed by atoms with van der Waals surface area (Å²) in [6.07, 6.45) is 7.90. The van der Waals surface area contributed by atoms with Crippen molar-refractivity contribution >= 4 is 39.7 Å². The van der Waals surface area contributed by atoms with Gasteiger partial charge in [0.1, 0.15) is 5.52 Å². The first-order valence-corrected chi connectivity index (χ1v) is 10.5. The molecule has 1 saturated heterocycles. The summed E-state index contributed by atoms with van der Waals surface area (Å²) in [6.45, 7) is 3.95. The van der Waals surface area contributed by atoms with Crippen LogP contribution in [0.1, 0.15) is 40.4 Å². The van der Waals surface area contributed by atoms with Gasteiger partial charge in [0.15, 0.2) is 5.65 Å². The first-order valence-electron chi connectivity index (χ1n) is 10.1. The van der Waals surface area contributed by atoms with E-state index in [1.54, 1.807) is 10.7 Å². The summed E-state index contributed by atoms with van der Waals surface area (Å²) >= 11 is 6.35. The predicted octanol–water partition coefficient (Wildman–Crippen LogP) is 3.90. The second-order valence-electron chi connectivity index (χ2n) is 7.94. The molecule has 1 aliphatic heterocycles. The number of aromatic nitrogens is 4. The number of benzene rings is 1. The Morgan fingerprint density at radius 2 is 2.03 bits per heavy atom. The van der Waals surface area contributed by atoms with E-state index in [1.807, 2.05) is 43.0 Å². The van der Waals surface area contributed by atoms with Gasteiger partial charge < -0.3 is 15.0 Å². The van der Waals surface area contributed by atoms with Gasteiger partial charge in [-0.05, 0) is 56.5 Å². The van der Waals surface area contributed by atoms with Crippen molar-refractivity contribution in [3.05, 3.63) is 58.6 Å². The van der Waals surface area contributed by atoms with Crippen molar-refractivity contribution in [2.24, 2.45) is 7.05 Å². The lowest BCUT2D eigenvalue weighted by Gasteiger charge is -2.23. The minimum absolute atomic E-state index is 0.206. The van der Waals surface area contributed by atoms with E-state index in [9.17, 15) is 4.79 Å². The number of hydrogen-bond acceptors (Lipinski definition) is 4. The molecule has 7 nitrogen and oxygen atoms in total. The Bertz CT molecular complexity index is 1270.